The highest BCUT2D eigenvalue weighted by atomic mass is 32.2. The van der Waals surface area contributed by atoms with E-state index in [1.165, 1.54) is 19.1 Å². The molecule has 2 rings (SSSR count). The number of hydrogen-bond donors (Lipinski definition) is 1. The molecule has 4 nitrogen and oxygen atoms in total. The Labute approximate surface area is 145 Å². The summed E-state index contributed by atoms with van der Waals surface area (Å²) < 4.78 is -1.02. The van der Waals surface area contributed by atoms with Gasteiger partial charge in [0.2, 0.25) is 10.9 Å². The number of aliphatic hydroxyl groups excluding tert-OH is 1. The van der Waals surface area contributed by atoms with Crippen LogP contribution in [0.3, 0.4) is 0 Å². The maximum atomic E-state index is 12.8. The molecule has 0 saturated carbocycles. The van der Waals surface area contributed by atoms with Gasteiger partial charge in [-0.05, 0) is 20.8 Å². The molecule has 0 radical (unpaired) electrons. The number of hydrogen-bond acceptors (Lipinski definition) is 5. The van der Waals surface area contributed by atoms with E-state index in [0.717, 1.165) is 17.3 Å². The van der Waals surface area contributed by atoms with Crippen molar-refractivity contribution in [3.63, 3.8) is 0 Å². The molecule has 0 spiro atoms. The van der Waals surface area contributed by atoms with Gasteiger partial charge in [-0.1, -0.05) is 60.3 Å². The molecule has 1 aliphatic rings. The van der Waals surface area contributed by atoms with E-state index >= 15 is 0 Å². The second-order valence-corrected chi connectivity index (χ2v) is 7.17. The summed E-state index contributed by atoms with van der Waals surface area (Å²) in [4.78, 5) is 36.9. The second-order valence-electron chi connectivity index (χ2n) is 5.74. The first-order valence-electron chi connectivity index (χ1n) is 7.35. The maximum absolute atomic E-state index is 12.8. The molecule has 5 heteroatoms. The third-order valence-corrected chi connectivity index (χ3v) is 4.94. The number of ketones is 2. The molecule has 0 bridgehead atoms. The summed E-state index contributed by atoms with van der Waals surface area (Å²) in [6.07, 6.45) is 3.30. The normalized spacial score (nSPS) is 21.1. The van der Waals surface area contributed by atoms with Gasteiger partial charge < -0.3 is 5.11 Å². The molecule has 124 valence electrons. The standard InChI is InChI=1S/C19H18O4S/c1-5-11(2)10-19(4)17(22)15(18(23)24-19)16(21)14-9-7-6-8-13(14)12(3)20/h5-10,22H,1H2,2-4H3/b11-10+/t19-/m1/s1. The molecule has 0 amide bonds. The monoisotopic (exact) mass is 342 g/mol. The zero-order valence-corrected chi connectivity index (χ0v) is 14.6. The number of carbonyl (C=O) groups excluding carboxylic acids is 3. The zero-order chi connectivity index (χ0) is 18.1. The van der Waals surface area contributed by atoms with Crippen LogP contribution in [-0.2, 0) is 4.79 Å². The Morgan fingerprint density at radius 3 is 2.33 bits per heavy atom. The first-order valence-corrected chi connectivity index (χ1v) is 8.16. The fourth-order valence-electron chi connectivity index (χ4n) is 2.55. The number of aliphatic hydroxyl groups is 1. The van der Waals surface area contributed by atoms with Crippen molar-refractivity contribution < 1.29 is 19.5 Å². The van der Waals surface area contributed by atoms with Crippen LogP contribution in [-0.4, -0.2) is 26.5 Å². The smallest absolute Gasteiger partial charge is 0.228 e. The largest absolute Gasteiger partial charge is 0.510 e. The van der Waals surface area contributed by atoms with Crippen molar-refractivity contribution in [3.05, 3.63) is 71.0 Å². The van der Waals surface area contributed by atoms with E-state index in [0.29, 0.717) is 0 Å². The molecular formula is C19H18O4S. The summed E-state index contributed by atoms with van der Waals surface area (Å²) in [6.45, 7) is 8.45. The summed E-state index contributed by atoms with van der Waals surface area (Å²) in [5, 5.41) is 10.0. The summed E-state index contributed by atoms with van der Waals surface area (Å²) >= 11 is 0.872. The number of Topliss-reactive ketones (excluding diaryl/α,β-unsaturated/α-hetero) is 2. The van der Waals surface area contributed by atoms with Crippen molar-refractivity contribution in [1.82, 2.24) is 0 Å². The van der Waals surface area contributed by atoms with Crippen LogP contribution in [0.2, 0.25) is 0 Å². The van der Waals surface area contributed by atoms with Crippen molar-refractivity contribution >= 4 is 28.4 Å². The van der Waals surface area contributed by atoms with Gasteiger partial charge in [0, 0.05) is 11.1 Å². The summed E-state index contributed by atoms with van der Waals surface area (Å²) in [5.74, 6) is -1.20. The minimum Gasteiger partial charge on any atom is -0.510 e. The molecular weight excluding hydrogens is 324 g/mol. The second kappa shape index (κ2) is 6.61. The van der Waals surface area contributed by atoms with Crippen molar-refractivity contribution in [2.24, 2.45) is 0 Å². The third kappa shape index (κ3) is 3.12. The quantitative estimate of drug-likeness (QED) is 0.496. The number of benzene rings is 1. The van der Waals surface area contributed by atoms with Crippen LogP contribution in [0.4, 0.5) is 0 Å². The molecule has 0 aromatic heterocycles. The average molecular weight is 342 g/mol. The molecule has 1 atom stereocenters. The Hall–Kier alpha value is -2.40. The molecule has 1 aromatic carbocycles. The highest BCUT2D eigenvalue weighted by Gasteiger charge is 2.45. The Balaban J connectivity index is 2.57. The van der Waals surface area contributed by atoms with E-state index in [2.05, 4.69) is 6.58 Å². The van der Waals surface area contributed by atoms with Crippen LogP contribution < -0.4 is 0 Å². The van der Waals surface area contributed by atoms with Gasteiger partial charge in [0.05, 0.1) is 4.75 Å². The van der Waals surface area contributed by atoms with Crippen molar-refractivity contribution in [1.29, 1.82) is 0 Å². The van der Waals surface area contributed by atoms with Crippen LogP contribution in [0.15, 0.2) is 59.9 Å². The Morgan fingerprint density at radius 1 is 1.21 bits per heavy atom. The predicted octanol–water partition coefficient (Wildman–Crippen LogP) is 4.05. The first kappa shape index (κ1) is 17.9. The lowest BCUT2D eigenvalue weighted by Gasteiger charge is -2.18. The highest BCUT2D eigenvalue weighted by molar-refractivity contribution is 8.16. The lowest BCUT2D eigenvalue weighted by molar-refractivity contribution is -0.107. The molecule has 1 N–H and O–H groups in total. The van der Waals surface area contributed by atoms with E-state index in [4.69, 9.17) is 0 Å². The van der Waals surface area contributed by atoms with Crippen LogP contribution in [0.1, 0.15) is 41.5 Å². The van der Waals surface area contributed by atoms with Gasteiger partial charge in [-0.3, -0.25) is 14.4 Å². The highest BCUT2D eigenvalue weighted by Crippen LogP contribution is 2.45. The van der Waals surface area contributed by atoms with E-state index in [-0.39, 0.29) is 28.2 Å². The zero-order valence-electron chi connectivity index (χ0n) is 13.8. The number of carbonyl (C=O) groups is 3. The maximum Gasteiger partial charge on any atom is 0.228 e. The molecule has 0 saturated heterocycles. The van der Waals surface area contributed by atoms with E-state index in [9.17, 15) is 19.5 Å². The molecule has 0 aliphatic carbocycles. The number of rotatable bonds is 5. The van der Waals surface area contributed by atoms with E-state index in [1.54, 1.807) is 38.1 Å². The van der Waals surface area contributed by atoms with Crippen molar-refractivity contribution in [3.8, 4) is 0 Å². The van der Waals surface area contributed by atoms with Gasteiger partial charge in [-0.15, -0.1) is 0 Å². The van der Waals surface area contributed by atoms with E-state index < -0.39 is 15.6 Å². The summed E-state index contributed by atoms with van der Waals surface area (Å²) in [6, 6.07) is 6.27. The third-order valence-electron chi connectivity index (χ3n) is 3.82. The summed E-state index contributed by atoms with van der Waals surface area (Å²) in [5.41, 5.74) is 0.854. The fourth-order valence-corrected chi connectivity index (χ4v) is 3.67. The number of thioether (sulfide) groups is 1. The van der Waals surface area contributed by atoms with Gasteiger partial charge in [0.15, 0.2) is 5.78 Å². The SMILES string of the molecule is C=C/C(C)=C/[C@@]1(C)SC(=O)C(C(=O)c2ccccc2C(C)=O)=C1O. The lowest BCUT2D eigenvalue weighted by Crippen LogP contribution is -2.18. The van der Waals surface area contributed by atoms with Crippen LogP contribution in [0, 0.1) is 0 Å². The summed E-state index contributed by atoms with van der Waals surface area (Å²) in [7, 11) is 0. The van der Waals surface area contributed by atoms with Gasteiger partial charge in [0.25, 0.3) is 0 Å². The lowest BCUT2D eigenvalue weighted by atomic mass is 9.93. The molecule has 1 heterocycles. The molecule has 1 aromatic rings. The van der Waals surface area contributed by atoms with Crippen LogP contribution >= 0.6 is 11.8 Å². The average Bonchev–Trinajstić information content (AvgIpc) is 2.75. The molecule has 0 fully saturated rings. The van der Waals surface area contributed by atoms with Gasteiger partial charge in [-0.25, -0.2) is 0 Å². The van der Waals surface area contributed by atoms with Crippen LogP contribution in [0.5, 0.6) is 0 Å². The Bertz CT molecular complexity index is 816. The number of allylic oxidation sites excluding steroid dienone is 2. The van der Waals surface area contributed by atoms with E-state index in [1.807, 2.05) is 0 Å². The predicted molar refractivity (Wildman–Crippen MR) is 95.4 cm³/mol. The Kier molecular flexibility index (Phi) is 4.94. The molecule has 24 heavy (non-hydrogen) atoms. The van der Waals surface area contributed by atoms with Gasteiger partial charge >= 0.3 is 0 Å². The van der Waals surface area contributed by atoms with Crippen molar-refractivity contribution in [2.75, 3.05) is 0 Å². The Morgan fingerprint density at radius 2 is 1.79 bits per heavy atom. The molecule has 1 aliphatic heterocycles. The first-order chi connectivity index (χ1) is 11.2. The van der Waals surface area contributed by atoms with Crippen molar-refractivity contribution in [2.45, 2.75) is 25.5 Å². The van der Waals surface area contributed by atoms with Gasteiger partial charge in [-0.2, -0.15) is 0 Å². The van der Waals surface area contributed by atoms with Crippen LogP contribution in [0.25, 0.3) is 0 Å². The minimum absolute atomic E-state index is 0.120. The molecule has 0 unspecified atom stereocenters. The minimum atomic E-state index is -1.02. The van der Waals surface area contributed by atoms with Gasteiger partial charge in [0.1, 0.15) is 11.3 Å². The fraction of sp³-hybridized carbons (Fsp3) is 0.211. The topological polar surface area (TPSA) is 71.4 Å².